The minimum atomic E-state index is -0.765. The first kappa shape index (κ1) is 14.3. The predicted octanol–water partition coefficient (Wildman–Crippen LogP) is 0.174. The van der Waals surface area contributed by atoms with E-state index in [9.17, 15) is 9.59 Å². The number of aliphatic carboxylic acids is 1. The van der Waals surface area contributed by atoms with Crippen LogP contribution in [0.2, 0.25) is 0 Å². The van der Waals surface area contributed by atoms with E-state index in [1.165, 1.54) is 0 Å². The molecule has 0 aromatic rings. The number of likely N-dealkylation sites (tertiary alicyclic amines) is 1. The largest absolute Gasteiger partial charge is 0.480 e. The zero-order chi connectivity index (χ0) is 13.7. The summed E-state index contributed by atoms with van der Waals surface area (Å²) in [6.45, 7) is 3.85. The summed E-state index contributed by atoms with van der Waals surface area (Å²) in [4.78, 5) is 26.9. The van der Waals surface area contributed by atoms with Crippen molar-refractivity contribution in [2.75, 3.05) is 39.4 Å². The van der Waals surface area contributed by atoms with Gasteiger partial charge in [0.25, 0.3) is 0 Å². The molecule has 1 amide bonds. The minimum absolute atomic E-state index is 0.109. The zero-order valence-electron chi connectivity index (χ0n) is 11.2. The van der Waals surface area contributed by atoms with Crippen molar-refractivity contribution in [3.05, 3.63) is 0 Å². The van der Waals surface area contributed by atoms with Crippen molar-refractivity contribution in [1.29, 1.82) is 0 Å². The van der Waals surface area contributed by atoms with Crippen molar-refractivity contribution in [3.63, 3.8) is 0 Å². The van der Waals surface area contributed by atoms with Crippen LogP contribution >= 0.6 is 0 Å². The molecule has 2 saturated heterocycles. The van der Waals surface area contributed by atoms with Crippen LogP contribution in [0.1, 0.15) is 25.7 Å². The third-order valence-electron chi connectivity index (χ3n) is 3.88. The quantitative estimate of drug-likeness (QED) is 0.789. The van der Waals surface area contributed by atoms with E-state index in [0.717, 1.165) is 19.4 Å². The van der Waals surface area contributed by atoms with E-state index in [1.54, 1.807) is 0 Å². The summed E-state index contributed by atoms with van der Waals surface area (Å²) in [7, 11) is 0. The number of hydrogen-bond acceptors (Lipinski definition) is 4. The van der Waals surface area contributed by atoms with Crippen molar-refractivity contribution in [2.24, 2.45) is 0 Å². The molecule has 19 heavy (non-hydrogen) atoms. The standard InChI is InChI=1S/C13H22N2O4/c16-12(15-7-9-19-10-8-15)4-6-14-5-2-1-3-11(14)13(17)18/h11H,1-10H2,(H,17,18). The molecule has 0 saturated carbocycles. The summed E-state index contributed by atoms with van der Waals surface area (Å²) in [5.74, 6) is -0.656. The van der Waals surface area contributed by atoms with Crippen LogP contribution in [0.15, 0.2) is 0 Å². The molecule has 6 nitrogen and oxygen atoms in total. The van der Waals surface area contributed by atoms with Crippen molar-refractivity contribution >= 4 is 11.9 Å². The molecule has 2 aliphatic heterocycles. The maximum Gasteiger partial charge on any atom is 0.320 e. The van der Waals surface area contributed by atoms with E-state index in [4.69, 9.17) is 9.84 Å². The van der Waals surface area contributed by atoms with Crippen LogP contribution in [-0.4, -0.2) is 72.2 Å². The maximum absolute atomic E-state index is 12.0. The molecule has 0 aliphatic carbocycles. The molecule has 6 heteroatoms. The molecule has 0 spiro atoms. The number of carboxylic acids is 1. The Morgan fingerprint density at radius 1 is 1.16 bits per heavy atom. The minimum Gasteiger partial charge on any atom is -0.480 e. The second-order valence-electron chi connectivity index (χ2n) is 5.13. The fourth-order valence-corrected chi connectivity index (χ4v) is 2.75. The maximum atomic E-state index is 12.0. The van der Waals surface area contributed by atoms with Gasteiger partial charge in [-0.2, -0.15) is 0 Å². The second kappa shape index (κ2) is 6.86. The fraction of sp³-hybridized carbons (Fsp3) is 0.846. The van der Waals surface area contributed by atoms with Crippen molar-refractivity contribution in [2.45, 2.75) is 31.7 Å². The van der Waals surface area contributed by atoms with Crippen LogP contribution in [-0.2, 0) is 14.3 Å². The lowest BCUT2D eigenvalue weighted by Crippen LogP contribution is -2.47. The number of nitrogens with zero attached hydrogens (tertiary/aromatic N) is 2. The summed E-state index contributed by atoms with van der Waals surface area (Å²) in [6.07, 6.45) is 3.09. The topological polar surface area (TPSA) is 70.1 Å². The molecule has 0 radical (unpaired) electrons. The Hall–Kier alpha value is -1.14. The van der Waals surface area contributed by atoms with E-state index in [-0.39, 0.29) is 5.91 Å². The average molecular weight is 270 g/mol. The third kappa shape index (κ3) is 3.91. The first-order valence-corrected chi connectivity index (χ1v) is 7.01. The molecule has 0 bridgehead atoms. The monoisotopic (exact) mass is 270 g/mol. The zero-order valence-corrected chi connectivity index (χ0v) is 11.2. The number of carbonyl (C=O) groups excluding carboxylic acids is 1. The average Bonchev–Trinajstić information content (AvgIpc) is 2.46. The van der Waals surface area contributed by atoms with Gasteiger partial charge < -0.3 is 14.7 Å². The van der Waals surface area contributed by atoms with Crippen LogP contribution < -0.4 is 0 Å². The second-order valence-corrected chi connectivity index (χ2v) is 5.13. The highest BCUT2D eigenvalue weighted by Crippen LogP contribution is 2.17. The highest BCUT2D eigenvalue weighted by molar-refractivity contribution is 5.77. The van der Waals surface area contributed by atoms with Crippen LogP contribution in [0.25, 0.3) is 0 Å². The van der Waals surface area contributed by atoms with Crippen LogP contribution in [0.5, 0.6) is 0 Å². The lowest BCUT2D eigenvalue weighted by atomic mass is 10.0. The highest BCUT2D eigenvalue weighted by atomic mass is 16.5. The van der Waals surface area contributed by atoms with Gasteiger partial charge in [0.1, 0.15) is 6.04 Å². The Kier molecular flexibility index (Phi) is 5.15. The Labute approximate surface area is 113 Å². The van der Waals surface area contributed by atoms with Crippen molar-refractivity contribution in [1.82, 2.24) is 9.80 Å². The summed E-state index contributed by atoms with van der Waals surface area (Å²) in [6, 6.07) is -0.411. The molecule has 2 fully saturated rings. The molecule has 2 aliphatic rings. The molecular weight excluding hydrogens is 248 g/mol. The van der Waals surface area contributed by atoms with E-state index in [1.807, 2.05) is 9.80 Å². The fourth-order valence-electron chi connectivity index (χ4n) is 2.75. The normalized spacial score (nSPS) is 25.3. The molecule has 0 aromatic carbocycles. The van der Waals surface area contributed by atoms with Gasteiger partial charge in [0, 0.05) is 26.1 Å². The molecule has 1 N–H and O–H groups in total. The first-order valence-electron chi connectivity index (χ1n) is 7.01. The smallest absolute Gasteiger partial charge is 0.320 e. The van der Waals surface area contributed by atoms with Crippen LogP contribution in [0, 0.1) is 0 Å². The molecule has 108 valence electrons. The molecule has 2 heterocycles. The van der Waals surface area contributed by atoms with Gasteiger partial charge in [-0.1, -0.05) is 6.42 Å². The van der Waals surface area contributed by atoms with Crippen LogP contribution in [0.4, 0.5) is 0 Å². The third-order valence-corrected chi connectivity index (χ3v) is 3.88. The number of rotatable bonds is 4. The Bertz CT molecular complexity index is 329. The molecular formula is C13H22N2O4. The lowest BCUT2D eigenvalue weighted by Gasteiger charge is -2.33. The van der Waals surface area contributed by atoms with Gasteiger partial charge in [-0.15, -0.1) is 0 Å². The number of carboxylic acid groups (broad SMARTS) is 1. The van der Waals surface area contributed by atoms with E-state index >= 15 is 0 Å². The van der Waals surface area contributed by atoms with Gasteiger partial charge in [0.2, 0.25) is 5.91 Å². The molecule has 0 aromatic heterocycles. The number of morpholine rings is 1. The molecule has 1 atom stereocenters. The van der Waals surface area contributed by atoms with Crippen LogP contribution in [0.3, 0.4) is 0 Å². The van der Waals surface area contributed by atoms with Gasteiger partial charge in [-0.05, 0) is 19.4 Å². The Morgan fingerprint density at radius 2 is 1.89 bits per heavy atom. The van der Waals surface area contributed by atoms with Gasteiger partial charge in [0.15, 0.2) is 0 Å². The number of piperidine rings is 1. The van der Waals surface area contributed by atoms with Crippen molar-refractivity contribution in [3.8, 4) is 0 Å². The summed E-state index contributed by atoms with van der Waals surface area (Å²) >= 11 is 0. The summed E-state index contributed by atoms with van der Waals surface area (Å²) in [5, 5.41) is 9.17. The number of hydrogen-bond donors (Lipinski definition) is 1. The summed E-state index contributed by atoms with van der Waals surface area (Å²) in [5.41, 5.74) is 0. The Morgan fingerprint density at radius 3 is 2.58 bits per heavy atom. The van der Waals surface area contributed by atoms with Gasteiger partial charge in [-0.25, -0.2) is 0 Å². The number of carbonyl (C=O) groups is 2. The predicted molar refractivity (Wildman–Crippen MR) is 68.9 cm³/mol. The Balaban J connectivity index is 1.79. The molecule has 2 rings (SSSR count). The van der Waals surface area contributed by atoms with Gasteiger partial charge in [-0.3, -0.25) is 14.5 Å². The van der Waals surface area contributed by atoms with Gasteiger partial charge in [0.05, 0.1) is 13.2 Å². The SMILES string of the molecule is O=C(O)C1CCCCN1CCC(=O)N1CCOCC1. The lowest BCUT2D eigenvalue weighted by molar-refractivity contribution is -0.145. The number of ether oxygens (including phenoxy) is 1. The van der Waals surface area contributed by atoms with E-state index in [0.29, 0.717) is 45.7 Å². The van der Waals surface area contributed by atoms with Gasteiger partial charge >= 0.3 is 5.97 Å². The van der Waals surface area contributed by atoms with E-state index < -0.39 is 12.0 Å². The highest BCUT2D eigenvalue weighted by Gasteiger charge is 2.29. The first-order chi connectivity index (χ1) is 9.18. The number of amides is 1. The molecule has 1 unspecified atom stereocenters. The summed E-state index contributed by atoms with van der Waals surface area (Å²) < 4.78 is 5.21. The van der Waals surface area contributed by atoms with Crippen molar-refractivity contribution < 1.29 is 19.4 Å². The van der Waals surface area contributed by atoms with E-state index in [2.05, 4.69) is 0 Å².